The van der Waals surface area contributed by atoms with Gasteiger partial charge in [0.15, 0.2) is 0 Å². The normalized spacial score (nSPS) is 11.7. The van der Waals surface area contributed by atoms with E-state index in [0.29, 0.717) is 0 Å². The lowest BCUT2D eigenvalue weighted by Crippen LogP contribution is -1.91. The third-order valence-corrected chi connectivity index (χ3v) is 10.4. The maximum Gasteiger partial charge on any atom is 0.136 e. The van der Waals surface area contributed by atoms with Crippen molar-refractivity contribution in [2.75, 3.05) is 0 Å². The highest BCUT2D eigenvalue weighted by Gasteiger charge is 2.19. The van der Waals surface area contributed by atoms with Crippen molar-refractivity contribution < 1.29 is 8.83 Å². The van der Waals surface area contributed by atoms with Gasteiger partial charge in [-0.1, -0.05) is 135 Å². The summed E-state index contributed by atoms with van der Waals surface area (Å²) in [5.41, 5.74) is 10.9. The minimum Gasteiger partial charge on any atom is -0.456 e. The Balaban J connectivity index is 0.00000166. The lowest BCUT2D eigenvalue weighted by Gasteiger charge is -2.18. The van der Waals surface area contributed by atoms with Crippen molar-refractivity contribution in [2.45, 2.75) is 13.8 Å². The van der Waals surface area contributed by atoms with Crippen LogP contribution in [-0.2, 0) is 0 Å². The molecule has 0 aliphatic heterocycles. The second-order valence-electron chi connectivity index (χ2n) is 13.2. The third kappa shape index (κ3) is 4.65. The summed E-state index contributed by atoms with van der Waals surface area (Å²) < 4.78 is 12.5. The van der Waals surface area contributed by atoms with Gasteiger partial charge >= 0.3 is 0 Å². The van der Waals surface area contributed by atoms with Crippen LogP contribution in [0.4, 0.5) is 0 Å². The van der Waals surface area contributed by atoms with E-state index in [1.807, 2.05) is 26.0 Å². The Kier molecular flexibility index (Phi) is 6.97. The van der Waals surface area contributed by atoms with E-state index < -0.39 is 0 Å². The molecular formula is C50H34O2. The van der Waals surface area contributed by atoms with Crippen LogP contribution in [0, 0.1) is 0 Å². The molecule has 0 aliphatic carbocycles. The molecule has 0 atom stereocenters. The molecule has 246 valence electrons. The predicted molar refractivity (Wildman–Crippen MR) is 221 cm³/mol. The van der Waals surface area contributed by atoms with Crippen molar-refractivity contribution in [3.8, 4) is 33.4 Å². The number of hydrogen-bond acceptors (Lipinski definition) is 2. The number of hydrogen-bond donors (Lipinski definition) is 0. The van der Waals surface area contributed by atoms with E-state index in [4.69, 9.17) is 8.83 Å². The highest BCUT2D eigenvalue weighted by atomic mass is 16.3. The molecule has 0 N–H and O–H groups in total. The number of benzene rings is 9. The Morgan fingerprint density at radius 3 is 1.37 bits per heavy atom. The highest BCUT2D eigenvalue weighted by molar-refractivity contribution is 6.22. The van der Waals surface area contributed by atoms with Crippen LogP contribution in [0.15, 0.2) is 179 Å². The molecule has 2 heteroatoms. The van der Waals surface area contributed by atoms with Crippen LogP contribution < -0.4 is 0 Å². The molecule has 0 saturated heterocycles. The average molecular weight is 667 g/mol. The molecule has 11 rings (SSSR count). The summed E-state index contributed by atoms with van der Waals surface area (Å²) in [6, 6.07) is 61.1. The first kappa shape index (κ1) is 30.2. The van der Waals surface area contributed by atoms with Gasteiger partial charge in [0.25, 0.3) is 0 Å². The topological polar surface area (TPSA) is 26.3 Å². The first-order chi connectivity index (χ1) is 25.8. The predicted octanol–water partition coefficient (Wildman–Crippen LogP) is 15.0. The fourth-order valence-electron chi connectivity index (χ4n) is 8.13. The van der Waals surface area contributed by atoms with Crippen LogP contribution in [-0.4, -0.2) is 0 Å². The van der Waals surface area contributed by atoms with E-state index in [-0.39, 0.29) is 0 Å². The summed E-state index contributed by atoms with van der Waals surface area (Å²) in [5, 5.41) is 11.9. The van der Waals surface area contributed by atoms with Gasteiger partial charge in [-0.15, -0.1) is 0 Å². The zero-order chi connectivity index (χ0) is 34.8. The Morgan fingerprint density at radius 2 is 0.692 bits per heavy atom. The fourth-order valence-corrected chi connectivity index (χ4v) is 8.13. The quantitative estimate of drug-likeness (QED) is 0.175. The molecule has 0 saturated carbocycles. The van der Waals surface area contributed by atoms with Crippen molar-refractivity contribution >= 4 is 76.2 Å². The van der Waals surface area contributed by atoms with E-state index in [0.717, 1.165) is 43.9 Å². The molecule has 0 bridgehead atoms. The zero-order valence-electron chi connectivity index (χ0n) is 29.0. The molecule has 0 spiro atoms. The molecule has 0 amide bonds. The van der Waals surface area contributed by atoms with Crippen molar-refractivity contribution in [1.29, 1.82) is 0 Å². The Morgan fingerprint density at radius 1 is 0.269 bits per heavy atom. The summed E-state index contributed by atoms with van der Waals surface area (Å²) in [6.07, 6.45) is 0. The van der Waals surface area contributed by atoms with E-state index >= 15 is 0 Å². The van der Waals surface area contributed by atoms with Gasteiger partial charge in [-0.3, -0.25) is 0 Å². The standard InChI is InChI=1S/C48H28O2.C2H6/c1-2-11-31-28-46-42(25-30(31)10-1)41-27-34(21-23-45(41)50-46)48-38-17-5-3-15-36(38)47(37-16-4-6-18-39(37)48)33-13-9-12-29(24-33)32-20-22-44-40(26-32)35-14-7-8-19-43(35)49-44;1-2/h1-28H;1-2H3. The molecule has 0 unspecified atom stereocenters. The lowest BCUT2D eigenvalue weighted by molar-refractivity contribution is 0.669. The van der Waals surface area contributed by atoms with E-state index in [2.05, 4.69) is 158 Å². The van der Waals surface area contributed by atoms with Crippen LogP contribution >= 0.6 is 0 Å². The summed E-state index contributed by atoms with van der Waals surface area (Å²) in [7, 11) is 0. The van der Waals surface area contributed by atoms with Crippen LogP contribution in [0.3, 0.4) is 0 Å². The van der Waals surface area contributed by atoms with E-state index in [9.17, 15) is 0 Å². The van der Waals surface area contributed by atoms with Gasteiger partial charge in [0.1, 0.15) is 22.3 Å². The maximum atomic E-state index is 6.39. The highest BCUT2D eigenvalue weighted by Crippen LogP contribution is 2.45. The fraction of sp³-hybridized carbons (Fsp3) is 0.0400. The van der Waals surface area contributed by atoms with Crippen molar-refractivity contribution in [1.82, 2.24) is 0 Å². The second kappa shape index (κ2) is 12.0. The molecule has 2 aromatic heterocycles. The molecule has 9 aromatic carbocycles. The van der Waals surface area contributed by atoms with Gasteiger partial charge < -0.3 is 8.83 Å². The Bertz CT molecular complexity index is 3100. The molecular weight excluding hydrogens is 633 g/mol. The van der Waals surface area contributed by atoms with Crippen molar-refractivity contribution in [3.05, 3.63) is 170 Å². The molecule has 2 heterocycles. The Labute approximate surface area is 301 Å². The maximum absolute atomic E-state index is 6.39. The molecule has 11 aromatic rings. The van der Waals surface area contributed by atoms with Gasteiger partial charge in [0.2, 0.25) is 0 Å². The Hall–Kier alpha value is -6.64. The monoisotopic (exact) mass is 666 g/mol. The minimum atomic E-state index is 0.905. The van der Waals surface area contributed by atoms with Crippen LogP contribution in [0.2, 0.25) is 0 Å². The van der Waals surface area contributed by atoms with E-state index in [1.54, 1.807) is 0 Å². The van der Waals surface area contributed by atoms with Crippen molar-refractivity contribution in [2.24, 2.45) is 0 Å². The minimum absolute atomic E-state index is 0.905. The first-order valence-electron chi connectivity index (χ1n) is 18.1. The number of rotatable bonds is 3. The summed E-state index contributed by atoms with van der Waals surface area (Å²) in [6.45, 7) is 4.00. The number of fused-ring (bicyclic) bond motifs is 9. The van der Waals surface area contributed by atoms with Gasteiger partial charge in [0, 0.05) is 21.5 Å². The molecule has 2 nitrogen and oxygen atoms in total. The van der Waals surface area contributed by atoms with E-state index in [1.165, 1.54) is 65.7 Å². The molecule has 0 radical (unpaired) electrons. The van der Waals surface area contributed by atoms with Gasteiger partial charge in [-0.25, -0.2) is 0 Å². The molecule has 0 aliphatic rings. The van der Waals surface area contributed by atoms with Crippen LogP contribution in [0.5, 0.6) is 0 Å². The van der Waals surface area contributed by atoms with Crippen molar-refractivity contribution in [3.63, 3.8) is 0 Å². The van der Waals surface area contributed by atoms with Gasteiger partial charge in [-0.2, -0.15) is 0 Å². The summed E-state index contributed by atoms with van der Waals surface area (Å²) >= 11 is 0. The summed E-state index contributed by atoms with van der Waals surface area (Å²) in [4.78, 5) is 0. The molecule has 52 heavy (non-hydrogen) atoms. The average Bonchev–Trinajstić information content (AvgIpc) is 3.76. The van der Waals surface area contributed by atoms with Crippen LogP contribution in [0.1, 0.15) is 13.8 Å². The molecule has 0 fully saturated rings. The van der Waals surface area contributed by atoms with Gasteiger partial charge in [0.05, 0.1) is 0 Å². The lowest BCUT2D eigenvalue weighted by atomic mass is 9.85. The third-order valence-electron chi connectivity index (χ3n) is 10.4. The summed E-state index contributed by atoms with van der Waals surface area (Å²) in [5.74, 6) is 0. The smallest absolute Gasteiger partial charge is 0.136 e. The largest absolute Gasteiger partial charge is 0.456 e. The van der Waals surface area contributed by atoms with Gasteiger partial charge in [-0.05, 0) is 114 Å². The van der Waals surface area contributed by atoms with Crippen LogP contribution in [0.25, 0.3) is 110 Å². The number of furan rings is 2. The second-order valence-corrected chi connectivity index (χ2v) is 13.2. The SMILES string of the molecule is CC.c1cc(-c2ccc3oc4ccccc4c3c2)cc(-c2c3ccccc3c(-c3ccc4oc5cc6ccccc6cc5c4c3)c3ccccc23)c1. The number of para-hydroxylation sites is 1. The zero-order valence-corrected chi connectivity index (χ0v) is 29.0. The first-order valence-corrected chi connectivity index (χ1v) is 18.1.